The minimum atomic E-state index is -0.976. The molecule has 84 valence electrons. The Morgan fingerprint density at radius 2 is 2.33 bits per heavy atom. The van der Waals surface area contributed by atoms with Crippen LogP contribution in [0.15, 0.2) is 6.20 Å². The summed E-state index contributed by atoms with van der Waals surface area (Å²) < 4.78 is 1.54. The van der Waals surface area contributed by atoms with E-state index < -0.39 is 5.97 Å². The zero-order chi connectivity index (χ0) is 11.4. The number of carboxylic acid groups (broad SMARTS) is 1. The molecule has 15 heavy (non-hydrogen) atoms. The Kier molecular flexibility index (Phi) is 3.81. The van der Waals surface area contributed by atoms with Crippen molar-refractivity contribution in [3.05, 3.63) is 17.5 Å². The van der Waals surface area contributed by atoms with E-state index in [-0.39, 0.29) is 12.2 Å². The molecule has 6 heteroatoms. The summed E-state index contributed by atoms with van der Waals surface area (Å²) in [6.07, 6.45) is 1.34. The van der Waals surface area contributed by atoms with Gasteiger partial charge in [-0.25, -0.2) is 4.79 Å². The predicted octanol–water partition coefficient (Wildman–Crippen LogP) is -0.458. The molecule has 0 unspecified atom stereocenters. The fourth-order valence-electron chi connectivity index (χ4n) is 1.33. The van der Waals surface area contributed by atoms with Crippen molar-refractivity contribution in [2.75, 3.05) is 20.2 Å². The number of hydrogen-bond donors (Lipinski definition) is 2. The molecular weight excluding hydrogens is 198 g/mol. The smallest absolute Gasteiger partial charge is 0.339 e. The van der Waals surface area contributed by atoms with Crippen LogP contribution in [-0.2, 0) is 13.6 Å². The molecule has 0 saturated carbocycles. The summed E-state index contributed by atoms with van der Waals surface area (Å²) in [7, 11) is 3.52. The molecule has 0 aliphatic heterocycles. The molecule has 0 aliphatic carbocycles. The second-order valence-corrected chi connectivity index (χ2v) is 3.40. The average Bonchev–Trinajstić information content (AvgIpc) is 2.48. The average molecular weight is 213 g/mol. The van der Waals surface area contributed by atoms with E-state index in [1.54, 1.807) is 7.05 Å². The third-order valence-electron chi connectivity index (χ3n) is 2.19. The van der Waals surface area contributed by atoms with Gasteiger partial charge in [-0.3, -0.25) is 9.58 Å². The van der Waals surface area contributed by atoms with Gasteiger partial charge in [-0.15, -0.1) is 0 Å². The lowest BCUT2D eigenvalue weighted by atomic mass is 10.2. The third kappa shape index (κ3) is 2.77. The molecule has 6 nitrogen and oxygen atoms in total. The number of nitrogens with zero attached hydrogens (tertiary/aromatic N) is 3. The molecule has 0 amide bonds. The molecule has 2 N–H and O–H groups in total. The molecular formula is C9H15N3O3. The number of carbonyl (C=O) groups is 1. The Morgan fingerprint density at radius 1 is 1.67 bits per heavy atom. The summed E-state index contributed by atoms with van der Waals surface area (Å²) in [6.45, 7) is 1.01. The lowest BCUT2D eigenvalue weighted by molar-refractivity contribution is 0.0694. The molecule has 0 saturated heterocycles. The number of aromatic nitrogens is 2. The monoisotopic (exact) mass is 213 g/mol. The van der Waals surface area contributed by atoms with Crippen LogP contribution in [0.5, 0.6) is 0 Å². The number of aryl methyl sites for hydroxylation is 1. The van der Waals surface area contributed by atoms with E-state index in [1.165, 1.54) is 10.9 Å². The number of aromatic carboxylic acids is 1. The van der Waals surface area contributed by atoms with Gasteiger partial charge >= 0.3 is 5.97 Å². The van der Waals surface area contributed by atoms with Crippen molar-refractivity contribution in [3.8, 4) is 0 Å². The van der Waals surface area contributed by atoms with E-state index in [0.29, 0.717) is 18.8 Å². The number of likely N-dealkylation sites (N-methyl/N-ethyl adjacent to an activating group) is 1. The molecule has 0 aromatic carbocycles. The SMILES string of the molecule is CN(CCO)Cc1c(C(=O)O)cnn1C. The first-order chi connectivity index (χ1) is 7.06. The van der Waals surface area contributed by atoms with E-state index in [9.17, 15) is 4.79 Å². The minimum Gasteiger partial charge on any atom is -0.478 e. The summed E-state index contributed by atoms with van der Waals surface area (Å²) in [5, 5.41) is 21.5. The lowest BCUT2D eigenvalue weighted by Gasteiger charge is -2.15. The lowest BCUT2D eigenvalue weighted by Crippen LogP contribution is -2.24. The number of aliphatic hydroxyl groups is 1. The number of carboxylic acids is 1. The zero-order valence-electron chi connectivity index (χ0n) is 8.84. The van der Waals surface area contributed by atoms with Crippen molar-refractivity contribution in [1.82, 2.24) is 14.7 Å². The van der Waals surface area contributed by atoms with Crippen molar-refractivity contribution < 1.29 is 15.0 Å². The maximum absolute atomic E-state index is 10.9. The molecule has 0 spiro atoms. The highest BCUT2D eigenvalue weighted by atomic mass is 16.4. The van der Waals surface area contributed by atoms with Gasteiger partial charge in [0, 0.05) is 20.1 Å². The molecule has 1 heterocycles. The van der Waals surface area contributed by atoms with Crippen LogP contribution >= 0.6 is 0 Å². The molecule has 0 atom stereocenters. The largest absolute Gasteiger partial charge is 0.478 e. The van der Waals surface area contributed by atoms with E-state index in [1.807, 2.05) is 11.9 Å². The van der Waals surface area contributed by atoms with Crippen molar-refractivity contribution in [2.24, 2.45) is 7.05 Å². The van der Waals surface area contributed by atoms with Gasteiger partial charge < -0.3 is 10.2 Å². The summed E-state index contributed by atoms with van der Waals surface area (Å²) in [6, 6.07) is 0. The van der Waals surface area contributed by atoms with Gasteiger partial charge in [0.2, 0.25) is 0 Å². The Bertz CT molecular complexity index is 348. The van der Waals surface area contributed by atoms with Gasteiger partial charge in [0.1, 0.15) is 5.56 Å². The van der Waals surface area contributed by atoms with Crippen LogP contribution in [0.3, 0.4) is 0 Å². The molecule has 0 bridgehead atoms. The molecule has 1 rings (SSSR count). The van der Waals surface area contributed by atoms with Crippen LogP contribution < -0.4 is 0 Å². The second-order valence-electron chi connectivity index (χ2n) is 3.40. The van der Waals surface area contributed by atoms with Crippen LogP contribution in [-0.4, -0.2) is 51.1 Å². The summed E-state index contributed by atoms with van der Waals surface area (Å²) in [4.78, 5) is 12.7. The first-order valence-corrected chi connectivity index (χ1v) is 4.59. The van der Waals surface area contributed by atoms with E-state index >= 15 is 0 Å². The normalized spacial score (nSPS) is 10.9. The topological polar surface area (TPSA) is 78.6 Å². The van der Waals surface area contributed by atoms with Crippen molar-refractivity contribution in [2.45, 2.75) is 6.54 Å². The first kappa shape index (κ1) is 11.7. The second kappa shape index (κ2) is 4.90. The molecule has 0 radical (unpaired) electrons. The van der Waals surface area contributed by atoms with Gasteiger partial charge in [-0.05, 0) is 7.05 Å². The molecule has 0 aliphatic rings. The van der Waals surface area contributed by atoms with Gasteiger partial charge in [0.05, 0.1) is 18.5 Å². The number of hydrogen-bond acceptors (Lipinski definition) is 4. The van der Waals surface area contributed by atoms with Crippen LogP contribution in [0.1, 0.15) is 16.1 Å². The van der Waals surface area contributed by atoms with Gasteiger partial charge in [0.25, 0.3) is 0 Å². The molecule has 1 aromatic rings. The van der Waals surface area contributed by atoms with Crippen LogP contribution in [0, 0.1) is 0 Å². The highest BCUT2D eigenvalue weighted by Crippen LogP contribution is 2.09. The third-order valence-corrected chi connectivity index (χ3v) is 2.19. The summed E-state index contributed by atoms with van der Waals surface area (Å²) in [5.74, 6) is -0.976. The maximum atomic E-state index is 10.9. The van der Waals surface area contributed by atoms with E-state index in [0.717, 1.165) is 0 Å². The van der Waals surface area contributed by atoms with E-state index in [2.05, 4.69) is 5.10 Å². The summed E-state index contributed by atoms with van der Waals surface area (Å²) in [5.41, 5.74) is 0.848. The predicted molar refractivity (Wildman–Crippen MR) is 53.6 cm³/mol. The number of rotatable bonds is 5. The number of aliphatic hydroxyl groups excluding tert-OH is 1. The first-order valence-electron chi connectivity index (χ1n) is 4.59. The zero-order valence-corrected chi connectivity index (χ0v) is 8.84. The van der Waals surface area contributed by atoms with Crippen molar-refractivity contribution >= 4 is 5.97 Å². The van der Waals surface area contributed by atoms with Crippen LogP contribution in [0.2, 0.25) is 0 Å². The Hall–Kier alpha value is -1.40. The van der Waals surface area contributed by atoms with Gasteiger partial charge in [-0.1, -0.05) is 0 Å². The van der Waals surface area contributed by atoms with E-state index in [4.69, 9.17) is 10.2 Å². The van der Waals surface area contributed by atoms with Crippen molar-refractivity contribution in [3.63, 3.8) is 0 Å². The molecule has 1 aromatic heterocycles. The Labute approximate surface area is 87.7 Å². The Balaban J connectivity index is 2.83. The quantitative estimate of drug-likeness (QED) is 0.692. The maximum Gasteiger partial charge on any atom is 0.339 e. The fraction of sp³-hybridized carbons (Fsp3) is 0.556. The Morgan fingerprint density at radius 3 is 2.87 bits per heavy atom. The highest BCUT2D eigenvalue weighted by Gasteiger charge is 2.15. The minimum absolute atomic E-state index is 0.0523. The van der Waals surface area contributed by atoms with Crippen LogP contribution in [0.25, 0.3) is 0 Å². The van der Waals surface area contributed by atoms with Gasteiger partial charge in [-0.2, -0.15) is 5.10 Å². The van der Waals surface area contributed by atoms with Gasteiger partial charge in [0.15, 0.2) is 0 Å². The summed E-state index contributed by atoms with van der Waals surface area (Å²) >= 11 is 0. The van der Waals surface area contributed by atoms with Crippen molar-refractivity contribution in [1.29, 1.82) is 0 Å². The highest BCUT2D eigenvalue weighted by molar-refractivity contribution is 5.88. The van der Waals surface area contributed by atoms with Crippen LogP contribution in [0.4, 0.5) is 0 Å². The standard InChI is InChI=1S/C9H15N3O3/c1-11(3-4-13)6-8-7(9(14)15)5-10-12(8)2/h5,13H,3-4,6H2,1-2H3,(H,14,15). The molecule has 0 fully saturated rings. The fourth-order valence-corrected chi connectivity index (χ4v) is 1.33.